The average Bonchev–Trinajstić information content (AvgIpc) is 3.05. The molecule has 0 saturated heterocycles. The summed E-state index contributed by atoms with van der Waals surface area (Å²) in [4.78, 5) is 0. The molecule has 1 aliphatic carbocycles. The van der Waals surface area contributed by atoms with Crippen LogP contribution in [0.25, 0.3) is 0 Å². The normalized spacial score (nSPS) is 15.3. The fourth-order valence-corrected chi connectivity index (χ4v) is 1.89. The van der Waals surface area contributed by atoms with Gasteiger partial charge in [-0.2, -0.15) is 0 Å². The van der Waals surface area contributed by atoms with Crippen LogP contribution in [0.3, 0.4) is 0 Å². The molecule has 0 amide bonds. The highest BCUT2D eigenvalue weighted by atomic mass is 15.0. The summed E-state index contributed by atoms with van der Waals surface area (Å²) in [6, 6.07) is 9.53. The molecular weight excluding hydrogens is 182 g/mol. The number of hydrogen-bond acceptors (Lipinski definition) is 1. The van der Waals surface area contributed by atoms with Crippen molar-refractivity contribution in [3.8, 4) is 0 Å². The van der Waals surface area contributed by atoms with Crippen molar-refractivity contribution in [1.82, 2.24) is 0 Å². The topological polar surface area (TPSA) is 12.0 Å². The molecule has 0 aromatic heterocycles. The van der Waals surface area contributed by atoms with Gasteiger partial charge in [0.2, 0.25) is 0 Å². The van der Waals surface area contributed by atoms with E-state index in [9.17, 15) is 0 Å². The van der Waals surface area contributed by atoms with Crippen molar-refractivity contribution in [2.24, 2.45) is 0 Å². The SMILES string of the molecule is CCCCCc1ccccc1NC1CC1. The predicted octanol–water partition coefficient (Wildman–Crippen LogP) is 3.99. The average molecular weight is 203 g/mol. The maximum Gasteiger partial charge on any atom is 0.0374 e. The summed E-state index contributed by atoms with van der Waals surface area (Å²) in [5.74, 6) is 0. The number of rotatable bonds is 6. The minimum Gasteiger partial charge on any atom is -0.382 e. The van der Waals surface area contributed by atoms with E-state index in [4.69, 9.17) is 0 Å². The Morgan fingerprint density at radius 3 is 2.73 bits per heavy atom. The standard InChI is InChI=1S/C14H21N/c1-2-3-4-7-12-8-5-6-9-14(12)15-13-10-11-13/h5-6,8-9,13,15H,2-4,7,10-11H2,1H3. The maximum absolute atomic E-state index is 3.61. The third-order valence-electron chi connectivity index (χ3n) is 3.00. The van der Waals surface area contributed by atoms with Crippen LogP contribution in [-0.4, -0.2) is 6.04 Å². The number of benzene rings is 1. The highest BCUT2D eigenvalue weighted by molar-refractivity contribution is 5.52. The van der Waals surface area contributed by atoms with E-state index in [0.29, 0.717) is 0 Å². The summed E-state index contributed by atoms with van der Waals surface area (Å²) in [6.45, 7) is 2.26. The van der Waals surface area contributed by atoms with Crippen molar-refractivity contribution in [1.29, 1.82) is 0 Å². The molecule has 1 fully saturated rings. The van der Waals surface area contributed by atoms with Crippen molar-refractivity contribution >= 4 is 5.69 Å². The molecular formula is C14H21N. The van der Waals surface area contributed by atoms with Gasteiger partial charge in [-0.1, -0.05) is 38.0 Å². The van der Waals surface area contributed by atoms with Crippen molar-refractivity contribution in [3.63, 3.8) is 0 Å². The Kier molecular flexibility index (Phi) is 3.65. The molecule has 0 bridgehead atoms. The number of hydrogen-bond donors (Lipinski definition) is 1. The summed E-state index contributed by atoms with van der Waals surface area (Å²) in [6.07, 6.45) is 7.90. The molecule has 0 spiro atoms. The van der Waals surface area contributed by atoms with E-state index in [-0.39, 0.29) is 0 Å². The van der Waals surface area contributed by atoms with Gasteiger partial charge in [0.1, 0.15) is 0 Å². The van der Waals surface area contributed by atoms with E-state index in [1.807, 2.05) is 0 Å². The van der Waals surface area contributed by atoms with Crippen LogP contribution < -0.4 is 5.32 Å². The van der Waals surface area contributed by atoms with Gasteiger partial charge in [-0.15, -0.1) is 0 Å². The van der Waals surface area contributed by atoms with E-state index in [2.05, 4.69) is 36.5 Å². The van der Waals surface area contributed by atoms with E-state index >= 15 is 0 Å². The smallest absolute Gasteiger partial charge is 0.0374 e. The molecule has 0 heterocycles. The quantitative estimate of drug-likeness (QED) is 0.689. The predicted molar refractivity (Wildman–Crippen MR) is 66.3 cm³/mol. The van der Waals surface area contributed by atoms with Crippen molar-refractivity contribution in [2.45, 2.75) is 51.5 Å². The highest BCUT2D eigenvalue weighted by Gasteiger charge is 2.21. The Bertz CT molecular complexity index is 302. The molecule has 0 unspecified atom stereocenters. The first-order chi connectivity index (χ1) is 7.40. The van der Waals surface area contributed by atoms with Crippen LogP contribution in [0.4, 0.5) is 5.69 Å². The summed E-state index contributed by atoms with van der Waals surface area (Å²) in [5, 5.41) is 3.61. The second-order valence-corrected chi connectivity index (χ2v) is 4.53. The molecule has 1 N–H and O–H groups in total. The second kappa shape index (κ2) is 5.20. The minimum absolute atomic E-state index is 0.761. The van der Waals surface area contributed by atoms with Crippen LogP contribution in [0, 0.1) is 0 Å². The Balaban J connectivity index is 1.93. The number of anilines is 1. The summed E-state index contributed by atoms with van der Waals surface area (Å²) < 4.78 is 0. The lowest BCUT2D eigenvalue weighted by molar-refractivity contribution is 0.717. The van der Waals surface area contributed by atoms with E-state index in [1.54, 1.807) is 0 Å². The van der Waals surface area contributed by atoms with Crippen LogP contribution in [-0.2, 0) is 6.42 Å². The van der Waals surface area contributed by atoms with Crippen LogP contribution in [0.1, 0.15) is 44.6 Å². The zero-order valence-electron chi connectivity index (χ0n) is 9.63. The number of unbranched alkanes of at least 4 members (excludes halogenated alkanes) is 2. The van der Waals surface area contributed by atoms with Gasteiger partial charge in [-0.05, 0) is 37.3 Å². The first-order valence-electron chi connectivity index (χ1n) is 6.24. The van der Waals surface area contributed by atoms with Crippen LogP contribution in [0.2, 0.25) is 0 Å². The van der Waals surface area contributed by atoms with Gasteiger partial charge in [0.15, 0.2) is 0 Å². The molecule has 1 aromatic rings. The zero-order chi connectivity index (χ0) is 10.5. The Morgan fingerprint density at radius 2 is 2.00 bits per heavy atom. The van der Waals surface area contributed by atoms with Crippen LogP contribution >= 0.6 is 0 Å². The zero-order valence-corrected chi connectivity index (χ0v) is 9.63. The largest absolute Gasteiger partial charge is 0.382 e. The lowest BCUT2D eigenvalue weighted by Gasteiger charge is -2.10. The molecule has 0 aliphatic heterocycles. The van der Waals surface area contributed by atoms with Gasteiger partial charge in [-0.25, -0.2) is 0 Å². The van der Waals surface area contributed by atoms with Crippen molar-refractivity contribution in [2.75, 3.05) is 5.32 Å². The molecule has 1 heteroatoms. The molecule has 82 valence electrons. The lowest BCUT2D eigenvalue weighted by atomic mass is 10.1. The Hall–Kier alpha value is -0.980. The Morgan fingerprint density at radius 1 is 1.20 bits per heavy atom. The Labute approximate surface area is 92.9 Å². The van der Waals surface area contributed by atoms with Gasteiger partial charge < -0.3 is 5.32 Å². The third kappa shape index (κ3) is 3.26. The molecule has 1 saturated carbocycles. The van der Waals surface area contributed by atoms with E-state index < -0.39 is 0 Å². The van der Waals surface area contributed by atoms with Crippen molar-refractivity contribution < 1.29 is 0 Å². The molecule has 0 radical (unpaired) electrons. The van der Waals surface area contributed by atoms with E-state index in [1.165, 1.54) is 49.8 Å². The molecule has 1 nitrogen and oxygen atoms in total. The molecule has 1 aromatic carbocycles. The molecule has 15 heavy (non-hydrogen) atoms. The van der Waals surface area contributed by atoms with Crippen LogP contribution in [0.15, 0.2) is 24.3 Å². The minimum atomic E-state index is 0.761. The van der Waals surface area contributed by atoms with E-state index in [0.717, 1.165) is 6.04 Å². The fraction of sp³-hybridized carbons (Fsp3) is 0.571. The summed E-state index contributed by atoms with van der Waals surface area (Å²) in [7, 11) is 0. The van der Waals surface area contributed by atoms with Gasteiger partial charge in [0.05, 0.1) is 0 Å². The lowest BCUT2D eigenvalue weighted by Crippen LogP contribution is -2.03. The number of aryl methyl sites for hydroxylation is 1. The van der Waals surface area contributed by atoms with Crippen LogP contribution in [0.5, 0.6) is 0 Å². The van der Waals surface area contributed by atoms with Gasteiger partial charge in [0.25, 0.3) is 0 Å². The molecule has 0 atom stereocenters. The van der Waals surface area contributed by atoms with Gasteiger partial charge in [-0.3, -0.25) is 0 Å². The fourth-order valence-electron chi connectivity index (χ4n) is 1.89. The molecule has 2 rings (SSSR count). The third-order valence-corrected chi connectivity index (χ3v) is 3.00. The number of nitrogens with one attached hydrogen (secondary N) is 1. The summed E-state index contributed by atoms with van der Waals surface area (Å²) in [5.41, 5.74) is 2.87. The molecule has 1 aliphatic rings. The van der Waals surface area contributed by atoms with Gasteiger partial charge >= 0.3 is 0 Å². The highest BCUT2D eigenvalue weighted by Crippen LogP contribution is 2.27. The van der Waals surface area contributed by atoms with Crippen molar-refractivity contribution in [3.05, 3.63) is 29.8 Å². The first-order valence-corrected chi connectivity index (χ1v) is 6.24. The second-order valence-electron chi connectivity index (χ2n) is 4.53. The maximum atomic E-state index is 3.61. The van der Waals surface area contributed by atoms with Gasteiger partial charge in [0, 0.05) is 11.7 Å². The monoisotopic (exact) mass is 203 g/mol. The number of para-hydroxylation sites is 1. The summed E-state index contributed by atoms with van der Waals surface area (Å²) >= 11 is 0. The first kappa shape index (κ1) is 10.5.